The van der Waals surface area contributed by atoms with Gasteiger partial charge in [-0.1, -0.05) is 30.3 Å². The van der Waals surface area contributed by atoms with Crippen LogP contribution >= 0.6 is 0 Å². The van der Waals surface area contributed by atoms with Crippen LogP contribution in [0.1, 0.15) is 35.4 Å². The Bertz CT molecular complexity index is 1130. The summed E-state index contributed by atoms with van der Waals surface area (Å²) in [4.78, 5) is 0. The summed E-state index contributed by atoms with van der Waals surface area (Å²) in [5.41, 5.74) is 3.47. The van der Waals surface area contributed by atoms with Crippen LogP contribution in [-0.2, 0) is 0 Å². The molecule has 0 fully saturated rings. The first-order chi connectivity index (χ1) is 14.7. The molecule has 6 nitrogen and oxygen atoms in total. The molecule has 0 aliphatic carbocycles. The van der Waals surface area contributed by atoms with E-state index in [2.05, 4.69) is 6.07 Å². The SMILES string of the molecule is COc1ccc(OC)c([C@H]2Oc3ccccc3[C@H]3CC(c4ccccc4O)=NN32)c1. The van der Waals surface area contributed by atoms with Gasteiger partial charge < -0.3 is 19.3 Å². The molecule has 0 radical (unpaired) electrons. The van der Waals surface area contributed by atoms with Gasteiger partial charge in [-0.25, -0.2) is 5.01 Å². The van der Waals surface area contributed by atoms with Crippen molar-refractivity contribution in [3.8, 4) is 23.0 Å². The number of ether oxygens (including phenoxy) is 3. The van der Waals surface area contributed by atoms with Crippen molar-refractivity contribution in [1.82, 2.24) is 5.01 Å². The average Bonchev–Trinajstić information content (AvgIpc) is 3.24. The number of hydrazone groups is 1. The number of hydrogen-bond donors (Lipinski definition) is 1. The molecule has 0 saturated carbocycles. The molecular weight excluding hydrogens is 380 g/mol. The lowest BCUT2D eigenvalue weighted by Crippen LogP contribution is -2.33. The molecule has 3 aromatic carbocycles. The van der Waals surface area contributed by atoms with Crippen LogP contribution in [0.3, 0.4) is 0 Å². The molecule has 0 amide bonds. The van der Waals surface area contributed by atoms with E-state index in [1.54, 1.807) is 20.3 Å². The van der Waals surface area contributed by atoms with Crippen LogP contribution < -0.4 is 14.2 Å². The smallest absolute Gasteiger partial charge is 0.217 e. The van der Waals surface area contributed by atoms with Gasteiger partial charge in [-0.05, 0) is 36.4 Å². The predicted octanol–water partition coefficient (Wildman–Crippen LogP) is 4.65. The maximum Gasteiger partial charge on any atom is 0.217 e. The van der Waals surface area contributed by atoms with Gasteiger partial charge in [-0.2, -0.15) is 5.10 Å². The number of phenols is 1. The summed E-state index contributed by atoms with van der Waals surface area (Å²) >= 11 is 0. The van der Waals surface area contributed by atoms with Crippen molar-refractivity contribution >= 4 is 5.71 Å². The highest BCUT2D eigenvalue weighted by molar-refractivity contribution is 6.04. The van der Waals surface area contributed by atoms with E-state index >= 15 is 0 Å². The normalized spacial score (nSPS) is 19.4. The minimum atomic E-state index is -0.488. The molecule has 2 aliphatic rings. The van der Waals surface area contributed by atoms with Gasteiger partial charge in [0.15, 0.2) is 0 Å². The molecule has 152 valence electrons. The van der Waals surface area contributed by atoms with Crippen LogP contribution in [0, 0.1) is 0 Å². The van der Waals surface area contributed by atoms with Gasteiger partial charge in [-0.3, -0.25) is 0 Å². The lowest BCUT2D eigenvalue weighted by Gasteiger charge is -2.38. The number of benzene rings is 3. The van der Waals surface area contributed by atoms with Crippen LogP contribution in [0.4, 0.5) is 0 Å². The first-order valence-electron chi connectivity index (χ1n) is 9.81. The van der Waals surface area contributed by atoms with Crippen molar-refractivity contribution in [1.29, 1.82) is 0 Å². The van der Waals surface area contributed by atoms with Gasteiger partial charge in [0, 0.05) is 17.5 Å². The fraction of sp³-hybridized carbons (Fsp3) is 0.208. The molecule has 30 heavy (non-hydrogen) atoms. The molecule has 0 spiro atoms. The molecule has 0 unspecified atom stereocenters. The topological polar surface area (TPSA) is 63.5 Å². The van der Waals surface area contributed by atoms with Crippen LogP contribution in [0.2, 0.25) is 0 Å². The minimum Gasteiger partial charge on any atom is -0.507 e. The van der Waals surface area contributed by atoms with E-state index in [-0.39, 0.29) is 11.8 Å². The highest BCUT2D eigenvalue weighted by atomic mass is 16.5. The Hall–Kier alpha value is -3.67. The molecule has 0 aromatic heterocycles. The first kappa shape index (κ1) is 18.4. The van der Waals surface area contributed by atoms with E-state index in [1.165, 1.54) is 0 Å². The number of methoxy groups -OCH3 is 2. The maximum atomic E-state index is 10.4. The summed E-state index contributed by atoms with van der Waals surface area (Å²) in [6.45, 7) is 0. The Morgan fingerprint density at radius 1 is 0.967 bits per heavy atom. The fourth-order valence-corrected chi connectivity index (χ4v) is 4.15. The Morgan fingerprint density at radius 2 is 1.77 bits per heavy atom. The highest BCUT2D eigenvalue weighted by Gasteiger charge is 2.42. The van der Waals surface area contributed by atoms with Gasteiger partial charge >= 0.3 is 0 Å². The lowest BCUT2D eigenvalue weighted by molar-refractivity contribution is -0.0204. The zero-order valence-electron chi connectivity index (χ0n) is 16.8. The molecule has 1 N–H and O–H groups in total. The maximum absolute atomic E-state index is 10.4. The highest BCUT2D eigenvalue weighted by Crippen LogP contribution is 2.49. The molecule has 0 bridgehead atoms. The molecular formula is C24H22N2O4. The molecule has 6 heteroatoms. The van der Waals surface area contributed by atoms with Gasteiger partial charge in [0.2, 0.25) is 6.23 Å². The van der Waals surface area contributed by atoms with Crippen LogP contribution in [0.5, 0.6) is 23.0 Å². The quantitative estimate of drug-likeness (QED) is 0.688. The monoisotopic (exact) mass is 402 g/mol. The second-order valence-corrected chi connectivity index (χ2v) is 7.28. The van der Waals surface area contributed by atoms with Crippen molar-refractivity contribution in [3.63, 3.8) is 0 Å². The van der Waals surface area contributed by atoms with E-state index in [4.69, 9.17) is 19.3 Å². The number of aromatic hydroxyl groups is 1. The largest absolute Gasteiger partial charge is 0.507 e. The summed E-state index contributed by atoms with van der Waals surface area (Å²) in [6, 6.07) is 20.9. The number of para-hydroxylation sites is 2. The summed E-state index contributed by atoms with van der Waals surface area (Å²) in [6.07, 6.45) is 0.180. The molecule has 0 saturated heterocycles. The minimum absolute atomic E-state index is 0.00883. The molecule has 2 aliphatic heterocycles. The Labute approximate surface area is 174 Å². The third kappa shape index (κ3) is 2.92. The van der Waals surface area contributed by atoms with E-state index < -0.39 is 6.23 Å². The van der Waals surface area contributed by atoms with E-state index in [0.717, 1.165) is 28.2 Å². The Balaban J connectivity index is 1.64. The third-order valence-electron chi connectivity index (χ3n) is 5.62. The van der Waals surface area contributed by atoms with Crippen LogP contribution in [-0.4, -0.2) is 30.0 Å². The van der Waals surface area contributed by atoms with E-state index in [1.807, 2.05) is 59.6 Å². The van der Waals surface area contributed by atoms with Crippen molar-refractivity contribution < 1.29 is 19.3 Å². The van der Waals surface area contributed by atoms with E-state index in [9.17, 15) is 5.11 Å². The summed E-state index contributed by atoms with van der Waals surface area (Å²) < 4.78 is 17.5. The molecule has 2 atom stereocenters. The summed E-state index contributed by atoms with van der Waals surface area (Å²) in [5.74, 6) is 2.46. The van der Waals surface area contributed by atoms with Gasteiger partial charge in [0.1, 0.15) is 23.0 Å². The van der Waals surface area contributed by atoms with Crippen molar-refractivity contribution in [2.45, 2.75) is 18.7 Å². The Kier molecular flexibility index (Phi) is 4.47. The second-order valence-electron chi connectivity index (χ2n) is 7.28. The molecule has 2 heterocycles. The van der Waals surface area contributed by atoms with Gasteiger partial charge in [-0.15, -0.1) is 0 Å². The third-order valence-corrected chi connectivity index (χ3v) is 5.62. The molecule has 3 aromatic rings. The number of hydrogen-bond acceptors (Lipinski definition) is 6. The van der Waals surface area contributed by atoms with Crippen LogP contribution in [0.15, 0.2) is 71.8 Å². The second kappa shape index (κ2) is 7.30. The number of nitrogens with zero attached hydrogens (tertiary/aromatic N) is 2. The average molecular weight is 402 g/mol. The number of fused-ring (bicyclic) bond motifs is 3. The number of rotatable bonds is 4. The number of phenolic OH excluding ortho intramolecular Hbond substituents is 1. The standard InChI is InChI=1S/C24H22N2O4/c1-28-15-11-12-22(29-2)18(13-15)24-26-20(17-8-4-6-10-23(17)30-24)14-19(25-26)16-7-3-5-9-21(16)27/h3-13,20,24,27H,14H2,1-2H3/t20-,24-/m1/s1. The fourth-order valence-electron chi connectivity index (χ4n) is 4.15. The van der Waals surface area contributed by atoms with Gasteiger partial charge in [0.05, 0.1) is 31.5 Å². The lowest BCUT2D eigenvalue weighted by atomic mass is 9.95. The molecule has 5 rings (SSSR count). The van der Waals surface area contributed by atoms with Crippen molar-refractivity contribution in [2.24, 2.45) is 5.10 Å². The van der Waals surface area contributed by atoms with Crippen molar-refractivity contribution in [3.05, 3.63) is 83.4 Å². The van der Waals surface area contributed by atoms with E-state index in [0.29, 0.717) is 17.9 Å². The van der Waals surface area contributed by atoms with Gasteiger partial charge in [0.25, 0.3) is 0 Å². The summed E-state index contributed by atoms with van der Waals surface area (Å²) in [7, 11) is 3.27. The van der Waals surface area contributed by atoms with Crippen molar-refractivity contribution in [2.75, 3.05) is 14.2 Å². The zero-order chi connectivity index (χ0) is 20.7. The Morgan fingerprint density at radius 3 is 2.57 bits per heavy atom. The first-order valence-corrected chi connectivity index (χ1v) is 9.81. The van der Waals surface area contributed by atoms with Crippen LogP contribution in [0.25, 0.3) is 0 Å². The predicted molar refractivity (Wildman–Crippen MR) is 113 cm³/mol. The summed E-state index contributed by atoms with van der Waals surface area (Å²) in [5, 5.41) is 17.2. The zero-order valence-corrected chi connectivity index (χ0v) is 16.8.